The molecule has 1 heterocycles. The summed E-state index contributed by atoms with van der Waals surface area (Å²) in [6.45, 7) is 0. The van der Waals surface area contributed by atoms with E-state index < -0.39 is 20.8 Å². The number of nitrogens with two attached hydrogens (primary N) is 1. The SMILES string of the molecule is NS(=O)CC1CCS(=O)(=O)C1. The van der Waals surface area contributed by atoms with Crippen molar-refractivity contribution < 1.29 is 12.6 Å². The molecule has 0 aliphatic carbocycles. The summed E-state index contributed by atoms with van der Waals surface area (Å²) in [4.78, 5) is 0. The van der Waals surface area contributed by atoms with Crippen molar-refractivity contribution in [3.63, 3.8) is 0 Å². The molecule has 6 heteroatoms. The second-order valence-corrected chi connectivity index (χ2v) is 6.14. The van der Waals surface area contributed by atoms with E-state index in [1.807, 2.05) is 0 Å². The highest BCUT2D eigenvalue weighted by Crippen LogP contribution is 2.18. The molecular weight excluding hydrogens is 186 g/mol. The van der Waals surface area contributed by atoms with Crippen LogP contribution in [0.3, 0.4) is 0 Å². The molecule has 0 bridgehead atoms. The Bertz CT molecular complexity index is 259. The molecular formula is C5H11NO3S2. The molecule has 2 unspecified atom stereocenters. The van der Waals surface area contributed by atoms with Crippen molar-refractivity contribution in [3.05, 3.63) is 0 Å². The van der Waals surface area contributed by atoms with Crippen molar-refractivity contribution in [1.29, 1.82) is 0 Å². The van der Waals surface area contributed by atoms with Crippen molar-refractivity contribution in [2.45, 2.75) is 6.42 Å². The number of sulfone groups is 1. The third kappa shape index (κ3) is 2.88. The number of rotatable bonds is 2. The van der Waals surface area contributed by atoms with Gasteiger partial charge >= 0.3 is 0 Å². The van der Waals surface area contributed by atoms with Gasteiger partial charge < -0.3 is 0 Å². The van der Waals surface area contributed by atoms with Crippen molar-refractivity contribution >= 4 is 20.8 Å². The fourth-order valence-electron chi connectivity index (χ4n) is 1.24. The van der Waals surface area contributed by atoms with E-state index in [9.17, 15) is 12.6 Å². The zero-order valence-corrected chi connectivity index (χ0v) is 7.66. The molecule has 0 aromatic carbocycles. The Labute approximate surface area is 68.7 Å². The Balaban J connectivity index is 2.49. The number of hydrogen-bond acceptors (Lipinski definition) is 3. The highest BCUT2D eigenvalue weighted by Gasteiger charge is 2.28. The second kappa shape index (κ2) is 3.20. The second-order valence-electron chi connectivity index (χ2n) is 2.82. The van der Waals surface area contributed by atoms with E-state index in [-0.39, 0.29) is 17.4 Å². The van der Waals surface area contributed by atoms with Gasteiger partial charge in [-0.3, -0.25) is 5.14 Å². The van der Waals surface area contributed by atoms with Crippen LogP contribution in [0.25, 0.3) is 0 Å². The van der Waals surface area contributed by atoms with Gasteiger partial charge in [-0.2, -0.15) is 0 Å². The summed E-state index contributed by atoms with van der Waals surface area (Å²) in [5, 5.41) is 5.04. The van der Waals surface area contributed by atoms with Gasteiger partial charge in [0, 0.05) is 5.75 Å². The predicted octanol–water partition coefficient (Wildman–Crippen LogP) is -0.956. The molecule has 2 N–H and O–H groups in total. The fourth-order valence-corrected chi connectivity index (χ4v) is 4.00. The van der Waals surface area contributed by atoms with E-state index in [2.05, 4.69) is 0 Å². The van der Waals surface area contributed by atoms with E-state index in [0.29, 0.717) is 12.2 Å². The minimum absolute atomic E-state index is 0.0193. The third-order valence-electron chi connectivity index (χ3n) is 1.73. The fraction of sp³-hybridized carbons (Fsp3) is 1.00. The molecule has 1 saturated heterocycles. The van der Waals surface area contributed by atoms with Crippen LogP contribution < -0.4 is 5.14 Å². The van der Waals surface area contributed by atoms with Crippen LogP contribution in [-0.4, -0.2) is 29.9 Å². The Morgan fingerprint density at radius 1 is 1.55 bits per heavy atom. The van der Waals surface area contributed by atoms with Gasteiger partial charge in [0.05, 0.1) is 22.5 Å². The minimum atomic E-state index is -2.83. The molecule has 0 amide bonds. The summed E-state index contributed by atoms with van der Waals surface area (Å²) in [6.07, 6.45) is 0.616. The molecule has 2 atom stereocenters. The molecule has 0 aromatic rings. The van der Waals surface area contributed by atoms with Crippen LogP contribution in [0, 0.1) is 5.92 Å². The zero-order chi connectivity index (χ0) is 8.48. The maximum absolute atomic E-state index is 10.9. The smallest absolute Gasteiger partial charge is 0.150 e. The van der Waals surface area contributed by atoms with Gasteiger partial charge in [0.1, 0.15) is 0 Å². The molecule has 0 aromatic heterocycles. The molecule has 0 saturated carbocycles. The maximum Gasteiger partial charge on any atom is 0.150 e. The van der Waals surface area contributed by atoms with E-state index in [0.717, 1.165) is 0 Å². The van der Waals surface area contributed by atoms with E-state index in [4.69, 9.17) is 5.14 Å². The molecule has 1 aliphatic heterocycles. The monoisotopic (exact) mass is 197 g/mol. The predicted molar refractivity (Wildman–Crippen MR) is 44.0 cm³/mol. The Morgan fingerprint density at radius 3 is 2.55 bits per heavy atom. The first kappa shape index (κ1) is 9.15. The first-order chi connectivity index (χ1) is 4.99. The summed E-state index contributed by atoms with van der Waals surface area (Å²) in [5.41, 5.74) is 0. The molecule has 1 fully saturated rings. The van der Waals surface area contributed by atoms with Gasteiger partial charge in [-0.1, -0.05) is 0 Å². The van der Waals surface area contributed by atoms with Gasteiger partial charge in [-0.15, -0.1) is 0 Å². The average Bonchev–Trinajstić information content (AvgIpc) is 2.08. The largest absolute Gasteiger partial charge is 0.252 e. The highest BCUT2D eigenvalue weighted by molar-refractivity contribution is 7.91. The van der Waals surface area contributed by atoms with Gasteiger partial charge in [-0.25, -0.2) is 12.6 Å². The summed E-state index contributed by atoms with van der Waals surface area (Å²) in [5.74, 6) is 0.732. The summed E-state index contributed by atoms with van der Waals surface area (Å²) in [6, 6.07) is 0. The lowest BCUT2D eigenvalue weighted by Gasteiger charge is -2.01. The van der Waals surface area contributed by atoms with Crippen LogP contribution in [-0.2, 0) is 20.8 Å². The van der Waals surface area contributed by atoms with Crippen LogP contribution in [0.1, 0.15) is 6.42 Å². The summed E-state index contributed by atoms with van der Waals surface area (Å²) < 4.78 is 32.3. The molecule has 4 nitrogen and oxygen atoms in total. The molecule has 11 heavy (non-hydrogen) atoms. The molecule has 0 spiro atoms. The minimum Gasteiger partial charge on any atom is -0.252 e. The Morgan fingerprint density at radius 2 is 2.18 bits per heavy atom. The average molecular weight is 197 g/mol. The van der Waals surface area contributed by atoms with Crippen molar-refractivity contribution in [3.8, 4) is 0 Å². The summed E-state index contributed by atoms with van der Waals surface area (Å²) in [7, 11) is -4.18. The molecule has 66 valence electrons. The van der Waals surface area contributed by atoms with Gasteiger partial charge in [0.15, 0.2) is 9.84 Å². The first-order valence-corrected chi connectivity index (χ1v) is 6.53. The van der Waals surface area contributed by atoms with Crippen LogP contribution >= 0.6 is 0 Å². The quantitative estimate of drug-likeness (QED) is 0.619. The Hall–Kier alpha value is 0.0600. The molecule has 1 rings (SSSR count). The highest BCUT2D eigenvalue weighted by atomic mass is 32.2. The van der Waals surface area contributed by atoms with E-state index in [1.54, 1.807) is 0 Å². The van der Waals surface area contributed by atoms with Gasteiger partial charge in [0.25, 0.3) is 0 Å². The lowest BCUT2D eigenvalue weighted by molar-refractivity contribution is 0.599. The van der Waals surface area contributed by atoms with Crippen molar-refractivity contribution in [2.75, 3.05) is 17.3 Å². The van der Waals surface area contributed by atoms with Crippen molar-refractivity contribution in [2.24, 2.45) is 11.1 Å². The lowest BCUT2D eigenvalue weighted by atomic mass is 10.2. The topological polar surface area (TPSA) is 77.2 Å². The van der Waals surface area contributed by atoms with Gasteiger partial charge in [0.2, 0.25) is 0 Å². The van der Waals surface area contributed by atoms with E-state index >= 15 is 0 Å². The maximum atomic E-state index is 10.9. The lowest BCUT2D eigenvalue weighted by Crippen LogP contribution is -2.17. The summed E-state index contributed by atoms with van der Waals surface area (Å²) >= 11 is 0. The van der Waals surface area contributed by atoms with Crippen LogP contribution in [0.15, 0.2) is 0 Å². The van der Waals surface area contributed by atoms with Crippen molar-refractivity contribution in [1.82, 2.24) is 0 Å². The zero-order valence-electron chi connectivity index (χ0n) is 6.02. The van der Waals surface area contributed by atoms with Gasteiger partial charge in [-0.05, 0) is 12.3 Å². The van der Waals surface area contributed by atoms with E-state index in [1.165, 1.54) is 0 Å². The molecule has 0 radical (unpaired) electrons. The normalized spacial score (nSPS) is 31.9. The Kier molecular flexibility index (Phi) is 2.66. The van der Waals surface area contributed by atoms with Crippen LogP contribution in [0.2, 0.25) is 0 Å². The first-order valence-electron chi connectivity index (χ1n) is 3.33. The van der Waals surface area contributed by atoms with Crippen LogP contribution in [0.4, 0.5) is 0 Å². The van der Waals surface area contributed by atoms with Crippen LogP contribution in [0.5, 0.6) is 0 Å². The molecule has 1 aliphatic rings. The third-order valence-corrected chi connectivity index (χ3v) is 4.36. The number of hydrogen-bond donors (Lipinski definition) is 1. The standard InChI is InChI=1S/C5H11NO3S2/c6-10(7)3-5-1-2-11(8,9)4-5/h5H,1-4,6H2.